The van der Waals surface area contributed by atoms with Gasteiger partial charge in [-0.05, 0) is 13.0 Å². The zero-order chi connectivity index (χ0) is 12.8. The van der Waals surface area contributed by atoms with E-state index < -0.39 is 4.92 Å². The monoisotopic (exact) mass is 235 g/mol. The summed E-state index contributed by atoms with van der Waals surface area (Å²) in [5.41, 5.74) is 0.733. The van der Waals surface area contributed by atoms with Crippen molar-refractivity contribution < 1.29 is 9.66 Å². The van der Waals surface area contributed by atoms with Crippen molar-refractivity contribution in [1.82, 2.24) is 0 Å². The van der Waals surface area contributed by atoms with E-state index in [0.29, 0.717) is 12.2 Å². The van der Waals surface area contributed by atoms with Crippen molar-refractivity contribution in [2.45, 2.75) is 13.0 Å². The second-order valence-corrected chi connectivity index (χ2v) is 3.53. The van der Waals surface area contributed by atoms with Crippen LogP contribution in [0.2, 0.25) is 0 Å². The molecule has 0 aliphatic carbocycles. The third kappa shape index (κ3) is 3.43. The molecule has 0 saturated carbocycles. The molecule has 0 radical (unpaired) electrons. The highest BCUT2D eigenvalue weighted by atomic mass is 16.6. The first-order chi connectivity index (χ1) is 8.08. The van der Waals surface area contributed by atoms with Crippen molar-refractivity contribution in [3.63, 3.8) is 0 Å². The summed E-state index contributed by atoms with van der Waals surface area (Å²) >= 11 is 0. The first kappa shape index (κ1) is 12.9. The Morgan fingerprint density at radius 1 is 1.65 bits per heavy atom. The number of nitro groups is 1. The molecule has 0 aliphatic heterocycles. The Hall–Kier alpha value is -2.13. The van der Waals surface area contributed by atoms with Gasteiger partial charge >= 0.3 is 0 Å². The van der Waals surface area contributed by atoms with Crippen molar-refractivity contribution in [2.75, 3.05) is 19.0 Å². The number of hydrogen-bond acceptors (Lipinski definition) is 5. The van der Waals surface area contributed by atoms with Crippen LogP contribution in [-0.4, -0.2) is 24.7 Å². The molecule has 0 aromatic heterocycles. The molecule has 0 fully saturated rings. The summed E-state index contributed by atoms with van der Waals surface area (Å²) in [6.07, 6.45) is -0.00302. The SMILES string of the molecule is COC(C)CNc1ccc([N+](=O)[O-])cc1C#N. The number of nitriles is 1. The van der Waals surface area contributed by atoms with Gasteiger partial charge in [-0.15, -0.1) is 0 Å². The molecule has 1 N–H and O–H groups in total. The van der Waals surface area contributed by atoms with Gasteiger partial charge in [0.1, 0.15) is 6.07 Å². The number of nitrogens with one attached hydrogen (secondary N) is 1. The molecule has 0 spiro atoms. The smallest absolute Gasteiger partial charge is 0.270 e. The summed E-state index contributed by atoms with van der Waals surface area (Å²) in [5.74, 6) is 0. The van der Waals surface area contributed by atoms with Crippen LogP contribution in [0.1, 0.15) is 12.5 Å². The number of benzene rings is 1. The number of methoxy groups -OCH3 is 1. The predicted octanol–water partition coefficient (Wildman–Crippen LogP) is 1.91. The minimum atomic E-state index is -0.525. The highest BCUT2D eigenvalue weighted by Crippen LogP contribution is 2.21. The van der Waals surface area contributed by atoms with Crippen LogP contribution in [0.15, 0.2) is 18.2 Å². The third-order valence-electron chi connectivity index (χ3n) is 2.32. The first-order valence-electron chi connectivity index (χ1n) is 5.03. The van der Waals surface area contributed by atoms with Crippen LogP contribution in [0, 0.1) is 21.4 Å². The number of nitro benzene ring substituents is 1. The van der Waals surface area contributed by atoms with Crippen LogP contribution >= 0.6 is 0 Å². The molecule has 17 heavy (non-hydrogen) atoms. The van der Waals surface area contributed by atoms with Gasteiger partial charge in [0, 0.05) is 25.8 Å². The van der Waals surface area contributed by atoms with E-state index in [0.717, 1.165) is 0 Å². The summed E-state index contributed by atoms with van der Waals surface area (Å²) in [4.78, 5) is 10.0. The molecule has 1 unspecified atom stereocenters. The quantitative estimate of drug-likeness (QED) is 0.622. The molecule has 0 bridgehead atoms. The van der Waals surface area contributed by atoms with Gasteiger partial charge in [0.05, 0.1) is 22.3 Å². The molecule has 6 heteroatoms. The van der Waals surface area contributed by atoms with Crippen LogP contribution in [-0.2, 0) is 4.74 Å². The highest BCUT2D eigenvalue weighted by Gasteiger charge is 2.10. The molecule has 0 aliphatic rings. The van der Waals surface area contributed by atoms with Crippen molar-refractivity contribution in [3.8, 4) is 6.07 Å². The number of ether oxygens (including phenoxy) is 1. The lowest BCUT2D eigenvalue weighted by Crippen LogP contribution is -2.18. The third-order valence-corrected chi connectivity index (χ3v) is 2.32. The summed E-state index contributed by atoms with van der Waals surface area (Å²) in [6.45, 7) is 2.41. The molecule has 1 aromatic rings. The molecule has 1 atom stereocenters. The second kappa shape index (κ2) is 5.82. The Morgan fingerprint density at radius 3 is 2.88 bits per heavy atom. The van der Waals surface area contributed by atoms with Crippen LogP contribution < -0.4 is 5.32 Å². The molecule has 0 saturated heterocycles. The Bertz CT molecular complexity index is 454. The van der Waals surface area contributed by atoms with Crippen molar-refractivity contribution in [1.29, 1.82) is 5.26 Å². The van der Waals surface area contributed by atoms with Gasteiger partial charge in [-0.1, -0.05) is 0 Å². The standard InChI is InChI=1S/C11H13N3O3/c1-8(17-2)7-13-11-4-3-10(14(15)16)5-9(11)6-12/h3-5,8,13H,7H2,1-2H3. The fourth-order valence-corrected chi connectivity index (χ4v) is 1.23. The summed E-state index contributed by atoms with van der Waals surface area (Å²) in [7, 11) is 1.59. The van der Waals surface area contributed by atoms with E-state index in [-0.39, 0.29) is 17.4 Å². The lowest BCUT2D eigenvalue weighted by atomic mass is 10.1. The largest absolute Gasteiger partial charge is 0.381 e. The Kier molecular flexibility index (Phi) is 4.43. The minimum absolute atomic E-state index is 0.00302. The van der Waals surface area contributed by atoms with E-state index in [9.17, 15) is 10.1 Å². The van der Waals surface area contributed by atoms with E-state index in [4.69, 9.17) is 10.00 Å². The topological polar surface area (TPSA) is 88.2 Å². The van der Waals surface area contributed by atoms with E-state index in [1.165, 1.54) is 18.2 Å². The summed E-state index contributed by atoms with van der Waals surface area (Å²) < 4.78 is 5.05. The van der Waals surface area contributed by atoms with E-state index >= 15 is 0 Å². The van der Waals surface area contributed by atoms with E-state index in [2.05, 4.69) is 5.32 Å². The summed E-state index contributed by atoms with van der Waals surface area (Å²) in [6, 6.07) is 6.06. The highest BCUT2D eigenvalue weighted by molar-refractivity contribution is 5.61. The van der Waals surface area contributed by atoms with Gasteiger partial charge in [-0.3, -0.25) is 10.1 Å². The van der Waals surface area contributed by atoms with Crippen LogP contribution in [0.4, 0.5) is 11.4 Å². The Balaban J connectivity index is 2.87. The van der Waals surface area contributed by atoms with Gasteiger partial charge in [-0.2, -0.15) is 5.26 Å². The van der Waals surface area contributed by atoms with Gasteiger partial charge in [0.25, 0.3) is 5.69 Å². The minimum Gasteiger partial charge on any atom is -0.381 e. The van der Waals surface area contributed by atoms with Gasteiger partial charge in [-0.25, -0.2) is 0 Å². The molecular formula is C11H13N3O3. The van der Waals surface area contributed by atoms with Crippen LogP contribution in [0.25, 0.3) is 0 Å². The molecule has 90 valence electrons. The molecule has 1 aromatic carbocycles. The van der Waals surface area contributed by atoms with Gasteiger partial charge < -0.3 is 10.1 Å². The number of non-ortho nitro benzene ring substituents is 1. The maximum atomic E-state index is 10.5. The normalized spacial score (nSPS) is 11.6. The molecule has 0 heterocycles. The number of hydrogen-bond donors (Lipinski definition) is 1. The van der Waals surface area contributed by atoms with Crippen molar-refractivity contribution >= 4 is 11.4 Å². The number of anilines is 1. The maximum absolute atomic E-state index is 10.5. The van der Waals surface area contributed by atoms with Crippen molar-refractivity contribution in [2.24, 2.45) is 0 Å². The van der Waals surface area contributed by atoms with E-state index in [1.54, 1.807) is 7.11 Å². The van der Waals surface area contributed by atoms with Gasteiger partial charge in [0.2, 0.25) is 0 Å². The molecule has 1 rings (SSSR count). The predicted molar refractivity (Wildman–Crippen MR) is 62.8 cm³/mol. The fraction of sp³-hybridized carbons (Fsp3) is 0.364. The number of nitrogens with zero attached hydrogens (tertiary/aromatic N) is 2. The van der Waals surface area contributed by atoms with Crippen LogP contribution in [0.5, 0.6) is 0 Å². The zero-order valence-electron chi connectivity index (χ0n) is 9.64. The van der Waals surface area contributed by atoms with Gasteiger partial charge in [0.15, 0.2) is 0 Å². The first-order valence-corrected chi connectivity index (χ1v) is 5.03. The average molecular weight is 235 g/mol. The average Bonchev–Trinajstić information content (AvgIpc) is 2.35. The molecule has 0 amide bonds. The van der Waals surface area contributed by atoms with Crippen molar-refractivity contribution in [3.05, 3.63) is 33.9 Å². The number of rotatable bonds is 5. The van der Waals surface area contributed by atoms with E-state index in [1.807, 2.05) is 13.0 Å². The molecular weight excluding hydrogens is 222 g/mol. The summed E-state index contributed by atoms with van der Waals surface area (Å²) in [5, 5.41) is 22.5. The zero-order valence-corrected chi connectivity index (χ0v) is 9.64. The lowest BCUT2D eigenvalue weighted by Gasteiger charge is -2.12. The molecule has 6 nitrogen and oxygen atoms in total. The Labute approximate surface area is 99.0 Å². The second-order valence-electron chi connectivity index (χ2n) is 3.53. The van der Waals surface area contributed by atoms with Crippen LogP contribution in [0.3, 0.4) is 0 Å². The maximum Gasteiger partial charge on any atom is 0.270 e. The Morgan fingerprint density at radius 2 is 2.35 bits per heavy atom. The lowest BCUT2D eigenvalue weighted by molar-refractivity contribution is -0.384. The fourth-order valence-electron chi connectivity index (χ4n) is 1.23.